The van der Waals surface area contributed by atoms with Gasteiger partial charge in [0.25, 0.3) is 0 Å². The van der Waals surface area contributed by atoms with E-state index in [2.05, 4.69) is 21.2 Å². The van der Waals surface area contributed by atoms with Crippen molar-refractivity contribution >= 4 is 21.6 Å². The van der Waals surface area contributed by atoms with Gasteiger partial charge in [0.05, 0.1) is 4.92 Å². The summed E-state index contributed by atoms with van der Waals surface area (Å²) in [5, 5.41) is 13.8. The smallest absolute Gasteiger partial charge is 0.304 e. The standard InChI is InChI=1S/C15H14BrFN2O2/c1-10(12-3-2-4-13(16)8-12)18-9-11-5-6-15(19(20)21)14(17)7-11/h2-8,10,18H,9H2,1H3/t10-/m1/s1. The molecule has 0 heterocycles. The first-order chi connectivity index (χ1) is 9.97. The maximum atomic E-state index is 13.5. The predicted octanol–water partition coefficient (Wildman–Crippen LogP) is 4.35. The van der Waals surface area contributed by atoms with Crippen molar-refractivity contribution in [2.75, 3.05) is 0 Å². The number of nitro benzene ring substituents is 1. The van der Waals surface area contributed by atoms with Gasteiger partial charge in [0, 0.05) is 23.1 Å². The summed E-state index contributed by atoms with van der Waals surface area (Å²) in [6.07, 6.45) is 0. The molecule has 1 N–H and O–H groups in total. The van der Waals surface area contributed by atoms with Crippen molar-refractivity contribution < 1.29 is 9.31 Å². The second kappa shape index (κ2) is 6.78. The van der Waals surface area contributed by atoms with Gasteiger partial charge in [-0.05, 0) is 36.2 Å². The fourth-order valence-corrected chi connectivity index (χ4v) is 2.39. The van der Waals surface area contributed by atoms with Gasteiger partial charge in [-0.1, -0.05) is 34.1 Å². The molecule has 21 heavy (non-hydrogen) atoms. The molecule has 0 saturated carbocycles. The lowest BCUT2D eigenvalue weighted by atomic mass is 10.1. The van der Waals surface area contributed by atoms with Crippen molar-refractivity contribution in [1.82, 2.24) is 5.32 Å². The van der Waals surface area contributed by atoms with Gasteiger partial charge in [0.2, 0.25) is 5.82 Å². The van der Waals surface area contributed by atoms with E-state index in [0.717, 1.165) is 10.0 Å². The number of rotatable bonds is 5. The molecule has 0 aliphatic heterocycles. The Morgan fingerprint density at radius 1 is 1.33 bits per heavy atom. The highest BCUT2D eigenvalue weighted by Gasteiger charge is 2.14. The molecule has 2 rings (SSSR count). The Kier molecular flexibility index (Phi) is 5.03. The highest BCUT2D eigenvalue weighted by Crippen LogP contribution is 2.20. The van der Waals surface area contributed by atoms with Crippen LogP contribution in [0.15, 0.2) is 46.9 Å². The average molecular weight is 353 g/mol. The maximum Gasteiger partial charge on any atom is 0.304 e. The molecule has 1 atom stereocenters. The largest absolute Gasteiger partial charge is 0.306 e. The summed E-state index contributed by atoms with van der Waals surface area (Å²) < 4.78 is 14.5. The van der Waals surface area contributed by atoms with Crippen molar-refractivity contribution in [2.24, 2.45) is 0 Å². The van der Waals surface area contributed by atoms with Crippen molar-refractivity contribution in [3.63, 3.8) is 0 Å². The molecule has 0 spiro atoms. The van der Waals surface area contributed by atoms with Crippen LogP contribution in [0.3, 0.4) is 0 Å². The van der Waals surface area contributed by atoms with E-state index in [1.807, 2.05) is 31.2 Å². The molecule has 6 heteroatoms. The number of halogens is 2. The van der Waals surface area contributed by atoms with E-state index in [1.165, 1.54) is 12.1 Å². The van der Waals surface area contributed by atoms with E-state index in [1.54, 1.807) is 6.07 Å². The van der Waals surface area contributed by atoms with Crippen LogP contribution in [-0.2, 0) is 6.54 Å². The van der Waals surface area contributed by atoms with Crippen molar-refractivity contribution in [1.29, 1.82) is 0 Å². The average Bonchev–Trinajstić information content (AvgIpc) is 2.44. The first-order valence-electron chi connectivity index (χ1n) is 6.39. The quantitative estimate of drug-likeness (QED) is 0.642. The lowest BCUT2D eigenvalue weighted by Gasteiger charge is -2.14. The summed E-state index contributed by atoms with van der Waals surface area (Å²) >= 11 is 3.42. The first-order valence-corrected chi connectivity index (χ1v) is 7.18. The minimum atomic E-state index is -0.811. The van der Waals surface area contributed by atoms with E-state index < -0.39 is 16.4 Å². The lowest BCUT2D eigenvalue weighted by Crippen LogP contribution is -2.18. The van der Waals surface area contributed by atoms with Gasteiger partial charge in [-0.25, -0.2) is 0 Å². The highest BCUT2D eigenvalue weighted by atomic mass is 79.9. The zero-order valence-corrected chi connectivity index (χ0v) is 12.9. The summed E-state index contributed by atoms with van der Waals surface area (Å²) in [7, 11) is 0. The summed E-state index contributed by atoms with van der Waals surface area (Å²) in [6.45, 7) is 2.44. The molecule has 0 aliphatic rings. The molecule has 0 amide bonds. The Bertz CT molecular complexity index is 664. The molecule has 2 aromatic rings. The third kappa shape index (κ3) is 4.09. The molecule has 0 aliphatic carbocycles. The Morgan fingerprint density at radius 3 is 2.71 bits per heavy atom. The molecule has 0 aromatic heterocycles. The SMILES string of the molecule is C[C@@H](NCc1ccc([N+](=O)[O-])c(F)c1)c1cccc(Br)c1. The van der Waals surface area contributed by atoms with Crippen LogP contribution in [0, 0.1) is 15.9 Å². The van der Waals surface area contributed by atoms with Crippen LogP contribution in [0.1, 0.15) is 24.1 Å². The summed E-state index contributed by atoms with van der Waals surface area (Å²) in [5.41, 5.74) is 1.27. The van der Waals surface area contributed by atoms with Gasteiger partial charge in [0.1, 0.15) is 0 Å². The van der Waals surface area contributed by atoms with Crippen LogP contribution in [0.4, 0.5) is 10.1 Å². The normalized spacial score (nSPS) is 12.1. The van der Waals surface area contributed by atoms with E-state index >= 15 is 0 Å². The van der Waals surface area contributed by atoms with Crippen LogP contribution in [0.25, 0.3) is 0 Å². The molecule has 2 aromatic carbocycles. The minimum absolute atomic E-state index is 0.0840. The van der Waals surface area contributed by atoms with E-state index in [9.17, 15) is 14.5 Å². The number of hydrogen-bond donors (Lipinski definition) is 1. The van der Waals surface area contributed by atoms with E-state index in [-0.39, 0.29) is 6.04 Å². The van der Waals surface area contributed by atoms with Crippen LogP contribution in [0.5, 0.6) is 0 Å². The number of hydrogen-bond acceptors (Lipinski definition) is 3. The van der Waals surface area contributed by atoms with E-state index in [4.69, 9.17) is 0 Å². The second-order valence-electron chi connectivity index (χ2n) is 4.70. The van der Waals surface area contributed by atoms with Gasteiger partial charge in [-0.2, -0.15) is 4.39 Å². The fourth-order valence-electron chi connectivity index (χ4n) is 1.97. The Hall–Kier alpha value is -1.79. The van der Waals surface area contributed by atoms with E-state index in [0.29, 0.717) is 12.1 Å². The first kappa shape index (κ1) is 15.6. The molecule has 0 fully saturated rings. The zero-order valence-electron chi connectivity index (χ0n) is 11.3. The van der Waals surface area contributed by atoms with Gasteiger partial charge >= 0.3 is 5.69 Å². The van der Waals surface area contributed by atoms with Gasteiger partial charge < -0.3 is 5.32 Å². The van der Waals surface area contributed by atoms with Gasteiger partial charge in [-0.3, -0.25) is 10.1 Å². The summed E-state index contributed by atoms with van der Waals surface area (Å²) in [5.74, 6) is -0.811. The van der Waals surface area contributed by atoms with Crippen LogP contribution < -0.4 is 5.32 Å². The molecular formula is C15H14BrFN2O2. The van der Waals surface area contributed by atoms with Crippen LogP contribution >= 0.6 is 15.9 Å². The fraction of sp³-hybridized carbons (Fsp3) is 0.200. The number of benzene rings is 2. The van der Waals surface area contributed by atoms with Gasteiger partial charge in [-0.15, -0.1) is 0 Å². The monoisotopic (exact) mass is 352 g/mol. The van der Waals surface area contributed by atoms with Crippen LogP contribution in [0.2, 0.25) is 0 Å². The minimum Gasteiger partial charge on any atom is -0.306 e. The third-order valence-electron chi connectivity index (χ3n) is 3.17. The predicted molar refractivity (Wildman–Crippen MR) is 82.5 cm³/mol. The van der Waals surface area contributed by atoms with Crippen LogP contribution in [-0.4, -0.2) is 4.92 Å². The molecule has 110 valence electrons. The Labute approximate surface area is 130 Å². The van der Waals surface area contributed by atoms with Gasteiger partial charge in [0.15, 0.2) is 0 Å². The maximum absolute atomic E-state index is 13.5. The highest BCUT2D eigenvalue weighted by molar-refractivity contribution is 9.10. The van der Waals surface area contributed by atoms with Crippen molar-refractivity contribution in [3.8, 4) is 0 Å². The molecular weight excluding hydrogens is 339 g/mol. The lowest BCUT2D eigenvalue weighted by molar-refractivity contribution is -0.387. The molecule has 0 radical (unpaired) electrons. The topological polar surface area (TPSA) is 55.2 Å². The number of nitro groups is 1. The number of nitrogens with one attached hydrogen (secondary N) is 1. The van der Waals surface area contributed by atoms with Crippen molar-refractivity contribution in [3.05, 3.63) is 74.0 Å². The Balaban J connectivity index is 2.03. The second-order valence-corrected chi connectivity index (χ2v) is 5.62. The molecule has 0 saturated heterocycles. The Morgan fingerprint density at radius 2 is 2.10 bits per heavy atom. The van der Waals surface area contributed by atoms with Crippen molar-refractivity contribution in [2.45, 2.75) is 19.5 Å². The molecule has 0 unspecified atom stereocenters. The molecule has 4 nitrogen and oxygen atoms in total. The summed E-state index contributed by atoms with van der Waals surface area (Å²) in [6, 6.07) is 11.9. The zero-order chi connectivity index (χ0) is 15.4. The summed E-state index contributed by atoms with van der Waals surface area (Å²) in [4.78, 5) is 9.84. The third-order valence-corrected chi connectivity index (χ3v) is 3.66. The number of nitrogens with zero attached hydrogens (tertiary/aromatic N) is 1. The molecule has 0 bridgehead atoms.